The first-order valence-electron chi connectivity index (χ1n) is 14.7. The molecular formula is C32H32ClF3N3O9S+. The lowest BCUT2D eigenvalue weighted by Gasteiger charge is -2.48. The Morgan fingerprint density at radius 2 is 1.82 bits per heavy atom. The second kappa shape index (κ2) is 12.8. The highest BCUT2D eigenvalue weighted by atomic mass is 35.5. The molecule has 5 rings (SSSR count). The monoisotopic (exact) mass is 726 g/mol. The Morgan fingerprint density at radius 3 is 2.43 bits per heavy atom. The topological polar surface area (TPSA) is 149 Å². The number of likely N-dealkylation sites (N-methyl/N-ethyl adjacent to an activating group) is 2. The lowest BCUT2D eigenvalue weighted by molar-refractivity contribution is -0.953. The number of benzene rings is 3. The van der Waals surface area contributed by atoms with Gasteiger partial charge in [0.1, 0.15) is 35.3 Å². The van der Waals surface area contributed by atoms with Crippen LogP contribution in [0.2, 0.25) is 5.02 Å². The lowest BCUT2D eigenvalue weighted by atomic mass is 9.78. The molecule has 0 spiro atoms. The summed E-state index contributed by atoms with van der Waals surface area (Å²) in [5, 5.41) is 13.7. The van der Waals surface area contributed by atoms with Crippen molar-refractivity contribution < 1.29 is 59.8 Å². The maximum atomic E-state index is 15.5. The summed E-state index contributed by atoms with van der Waals surface area (Å²) in [5.74, 6) is -3.09. The zero-order valence-corrected chi connectivity index (χ0v) is 28.1. The number of rotatable bonds is 10. The number of amides is 2. The van der Waals surface area contributed by atoms with Crippen LogP contribution in [0.1, 0.15) is 23.1 Å². The fraction of sp³-hybridized carbons (Fsp3) is 0.344. The van der Waals surface area contributed by atoms with Crippen molar-refractivity contribution >= 4 is 45.4 Å². The molecule has 4 atom stereocenters. The van der Waals surface area contributed by atoms with Gasteiger partial charge in [0.2, 0.25) is 5.54 Å². The molecule has 0 saturated carbocycles. The second-order valence-corrected chi connectivity index (χ2v) is 13.9. The van der Waals surface area contributed by atoms with Crippen LogP contribution in [0.5, 0.6) is 17.2 Å². The summed E-state index contributed by atoms with van der Waals surface area (Å²) in [4.78, 5) is 39.6. The van der Waals surface area contributed by atoms with Gasteiger partial charge in [0, 0.05) is 31.0 Å². The van der Waals surface area contributed by atoms with Crippen molar-refractivity contribution in [2.45, 2.75) is 41.8 Å². The smallest absolute Gasteiger partial charge is 0.497 e. The quantitative estimate of drug-likeness (QED) is 0.237. The van der Waals surface area contributed by atoms with Gasteiger partial charge in [-0.2, -0.15) is 4.31 Å². The van der Waals surface area contributed by atoms with Crippen LogP contribution in [-0.4, -0.2) is 89.5 Å². The zero-order valence-electron chi connectivity index (χ0n) is 26.6. The number of carbonyl (C=O) groups is 3. The van der Waals surface area contributed by atoms with Crippen molar-refractivity contribution in [1.29, 1.82) is 0 Å². The van der Waals surface area contributed by atoms with E-state index >= 15 is 4.79 Å². The van der Waals surface area contributed by atoms with Crippen LogP contribution in [0, 0.1) is 0 Å². The molecule has 3 aromatic rings. The molecule has 2 N–H and O–H groups in total. The van der Waals surface area contributed by atoms with Crippen molar-refractivity contribution in [3.05, 3.63) is 76.3 Å². The number of hydrogen-bond acceptors (Lipinski definition) is 9. The van der Waals surface area contributed by atoms with Gasteiger partial charge in [0.15, 0.2) is 11.8 Å². The Morgan fingerprint density at radius 1 is 1.10 bits per heavy atom. The molecule has 3 aromatic carbocycles. The molecule has 0 aliphatic carbocycles. The summed E-state index contributed by atoms with van der Waals surface area (Å²) >= 11 is 6.51. The van der Waals surface area contributed by atoms with E-state index in [-0.39, 0.29) is 52.7 Å². The number of hydrogen-bond donors (Lipinski definition) is 2. The standard InChI is InChI=1S/C32H31ClF3N3O9S/c1-37-29(42)25-15-20(41)17-39(25,2)31(23-13-18(11-12-40)5-9-26(23)47-4)22-14-19(33)6-8-24(22)38(30(31)43)49(44,45)28-10-7-21(46-3)16-27(28)48-32(34,35)36/h5-10,12-14,16,20,25,41H,11,15,17H2,1-4H3/p+1/t20-,25+,31?,39?/m1/s1. The van der Waals surface area contributed by atoms with E-state index in [1.807, 2.05) is 0 Å². The Balaban J connectivity index is 1.93. The van der Waals surface area contributed by atoms with Gasteiger partial charge in [-0.25, -0.2) is 8.42 Å². The number of aldehydes is 1. The maximum Gasteiger partial charge on any atom is 0.573 e. The molecule has 2 aliphatic rings. The van der Waals surface area contributed by atoms with Crippen LogP contribution in [0.3, 0.4) is 0 Å². The molecule has 0 radical (unpaired) electrons. The summed E-state index contributed by atoms with van der Waals surface area (Å²) in [7, 11) is 0.0217. The number of alkyl halides is 3. The molecule has 1 fully saturated rings. The number of ether oxygens (including phenoxy) is 3. The third-order valence-corrected chi connectivity index (χ3v) is 11.0. The van der Waals surface area contributed by atoms with Crippen molar-refractivity contribution in [1.82, 2.24) is 5.32 Å². The number of aliphatic hydroxyl groups excluding tert-OH is 1. The fourth-order valence-corrected chi connectivity index (χ4v) is 8.77. The van der Waals surface area contributed by atoms with Crippen molar-refractivity contribution in [3.63, 3.8) is 0 Å². The minimum Gasteiger partial charge on any atom is -0.497 e. The Bertz CT molecular complexity index is 1940. The first-order valence-corrected chi connectivity index (χ1v) is 16.5. The Kier molecular flexibility index (Phi) is 9.40. The molecular weight excluding hydrogens is 695 g/mol. The van der Waals surface area contributed by atoms with E-state index in [1.54, 1.807) is 6.07 Å². The number of methoxy groups -OCH3 is 2. The predicted molar refractivity (Wildman–Crippen MR) is 169 cm³/mol. The highest BCUT2D eigenvalue weighted by Crippen LogP contribution is 2.58. The normalized spacial score (nSPS) is 23.6. The average Bonchev–Trinajstić information content (AvgIpc) is 3.50. The van der Waals surface area contributed by atoms with E-state index in [1.165, 1.54) is 51.5 Å². The number of likely N-dealkylation sites (tertiary alicyclic amines) is 1. The van der Waals surface area contributed by atoms with Gasteiger partial charge in [-0.15, -0.1) is 13.2 Å². The minimum atomic E-state index is -5.34. The third kappa shape index (κ3) is 5.75. The van der Waals surface area contributed by atoms with E-state index in [0.717, 1.165) is 25.3 Å². The van der Waals surface area contributed by atoms with Crippen LogP contribution in [-0.2, 0) is 36.4 Å². The number of fused-ring (bicyclic) bond motifs is 1. The fourth-order valence-electron chi connectivity index (χ4n) is 7.04. The molecule has 2 amide bonds. The maximum absolute atomic E-state index is 15.5. The van der Waals surface area contributed by atoms with E-state index in [9.17, 15) is 36.3 Å². The van der Waals surface area contributed by atoms with Gasteiger partial charge < -0.3 is 29.4 Å². The van der Waals surface area contributed by atoms with Crippen molar-refractivity contribution in [2.24, 2.45) is 0 Å². The molecule has 2 heterocycles. The van der Waals surface area contributed by atoms with Gasteiger partial charge >= 0.3 is 12.3 Å². The SMILES string of the molecule is CNC(=O)[C@@H]1C[C@@H](O)C[N+]1(C)C1(c2cc(CC=O)ccc2OC)C(=O)N(S(=O)(=O)c2ccc(OC)cc2OC(F)(F)F)c2ccc(Cl)cc21. The van der Waals surface area contributed by atoms with Gasteiger partial charge in [-0.3, -0.25) is 14.1 Å². The molecule has 2 aliphatic heterocycles. The third-order valence-electron chi connectivity index (χ3n) is 9.02. The first-order chi connectivity index (χ1) is 23.0. The molecule has 1 saturated heterocycles. The molecule has 49 heavy (non-hydrogen) atoms. The zero-order chi connectivity index (χ0) is 36.1. The summed E-state index contributed by atoms with van der Waals surface area (Å²) in [5.41, 5.74) is -2.19. The second-order valence-electron chi connectivity index (χ2n) is 11.7. The molecule has 17 heteroatoms. The lowest BCUT2D eigenvalue weighted by Crippen LogP contribution is -2.69. The number of anilines is 1. The number of carbonyl (C=O) groups excluding carboxylic acids is 3. The summed E-state index contributed by atoms with van der Waals surface area (Å²) in [6, 6.07) is 9.77. The average molecular weight is 727 g/mol. The van der Waals surface area contributed by atoms with Crippen LogP contribution in [0.15, 0.2) is 59.5 Å². The Hall–Kier alpha value is -4.38. The van der Waals surface area contributed by atoms with E-state index < -0.39 is 61.0 Å². The predicted octanol–water partition coefficient (Wildman–Crippen LogP) is 3.30. The van der Waals surface area contributed by atoms with Crippen molar-refractivity contribution in [2.75, 3.05) is 39.2 Å². The van der Waals surface area contributed by atoms with E-state index in [0.29, 0.717) is 16.2 Å². The van der Waals surface area contributed by atoms with Gasteiger partial charge in [0.25, 0.3) is 15.9 Å². The number of aliphatic hydroxyl groups is 1. The van der Waals surface area contributed by atoms with E-state index in [2.05, 4.69) is 10.1 Å². The number of nitrogens with one attached hydrogen (secondary N) is 1. The highest BCUT2D eigenvalue weighted by Gasteiger charge is 2.72. The molecule has 12 nitrogen and oxygen atoms in total. The number of nitrogens with zero attached hydrogens (tertiary/aromatic N) is 2. The van der Waals surface area contributed by atoms with E-state index in [4.69, 9.17) is 21.1 Å². The van der Waals surface area contributed by atoms with Crippen molar-refractivity contribution in [3.8, 4) is 17.2 Å². The van der Waals surface area contributed by atoms with Gasteiger partial charge in [-0.1, -0.05) is 17.7 Å². The molecule has 262 valence electrons. The van der Waals surface area contributed by atoms with Crippen LogP contribution < -0.4 is 23.8 Å². The highest BCUT2D eigenvalue weighted by molar-refractivity contribution is 7.93. The molecule has 0 bridgehead atoms. The Labute approximate surface area is 284 Å². The first kappa shape index (κ1) is 35.9. The molecule has 0 aromatic heterocycles. The number of halogens is 4. The van der Waals surface area contributed by atoms with Gasteiger partial charge in [-0.05, 0) is 48.0 Å². The number of quaternary nitrogens is 1. The van der Waals surface area contributed by atoms with Crippen LogP contribution >= 0.6 is 11.6 Å². The molecule has 2 unspecified atom stereocenters. The summed E-state index contributed by atoms with van der Waals surface area (Å²) in [6.07, 6.45) is -6.15. The number of sulfonamides is 1. The van der Waals surface area contributed by atoms with Crippen LogP contribution in [0.4, 0.5) is 18.9 Å². The van der Waals surface area contributed by atoms with Gasteiger partial charge in [0.05, 0.1) is 38.1 Å². The summed E-state index contributed by atoms with van der Waals surface area (Å²) < 4.78 is 84.6. The summed E-state index contributed by atoms with van der Waals surface area (Å²) in [6.45, 7) is -0.268. The minimum absolute atomic E-state index is 0.0209. The largest absolute Gasteiger partial charge is 0.573 e. The van der Waals surface area contributed by atoms with Crippen LogP contribution in [0.25, 0.3) is 0 Å².